The van der Waals surface area contributed by atoms with E-state index in [4.69, 9.17) is 21.2 Å². The minimum Gasteiger partial charge on any atom is -0.396 e. The monoisotopic (exact) mass is 674 g/mol. The van der Waals surface area contributed by atoms with Crippen LogP contribution in [0.3, 0.4) is 0 Å². The van der Waals surface area contributed by atoms with Gasteiger partial charge in [0.15, 0.2) is 0 Å². The van der Waals surface area contributed by atoms with Gasteiger partial charge >= 0.3 is 6.72 Å². The third-order valence-corrected chi connectivity index (χ3v) is 9.64. The maximum atomic E-state index is 9.18. The van der Waals surface area contributed by atoms with Crippen LogP contribution >= 0.6 is 18.3 Å². The molecule has 2 aromatic carbocycles. The van der Waals surface area contributed by atoms with Crippen LogP contribution in [0.1, 0.15) is 47.9 Å². The predicted octanol–water partition coefficient (Wildman–Crippen LogP) is 5.57. The molecule has 0 radical (unpaired) electrons. The molecule has 4 N–H and O–H groups in total. The first-order valence-electron chi connectivity index (χ1n) is 15.3. The lowest BCUT2D eigenvalue weighted by Gasteiger charge is -2.33. The molecule has 2 aliphatic heterocycles. The molecule has 0 bridgehead atoms. The van der Waals surface area contributed by atoms with Crippen LogP contribution in [0.2, 0.25) is 5.15 Å². The molecule has 244 valence electrons. The summed E-state index contributed by atoms with van der Waals surface area (Å²) in [5.41, 5.74) is 6.77. The Labute approximate surface area is 275 Å². The minimum absolute atomic E-state index is 0.292. The van der Waals surface area contributed by atoms with Gasteiger partial charge in [-0.3, -0.25) is 0 Å². The summed E-state index contributed by atoms with van der Waals surface area (Å²) in [5.74, 6) is 1.84. The van der Waals surface area contributed by atoms with Crippen molar-refractivity contribution in [1.29, 1.82) is 0 Å². The standard InChI is InChI=1S/C16H22N3O3PS.C10H9ClN2.C6H13NO/c1-11-7-14-15(8-12(11)2)17-10-18-16(14)19-5-3-13(4-6-19)9-22-23(20,21)24;1-6-3-8-9(4-7(6)2)12-5-13-10(8)11;8-5-6-1-3-7-4-2-6/h7-8,10,13H,3-6,9H2,1-2H3,(H2,20,21,24);3-5H,1-2H3;6-8H,1-5H2. The number of nitrogens with one attached hydrogen (secondary N) is 1. The fraction of sp³-hybridized carbons (Fsp3) is 0.500. The first kappa shape index (κ1) is 35.5. The molecule has 0 unspecified atom stereocenters. The number of fused-ring (bicyclic) bond motifs is 2. The Kier molecular flexibility index (Phi) is 13.0. The van der Waals surface area contributed by atoms with Crippen LogP contribution < -0.4 is 10.2 Å². The van der Waals surface area contributed by atoms with Crippen LogP contribution in [0.5, 0.6) is 0 Å². The maximum absolute atomic E-state index is 9.18. The zero-order chi connectivity index (χ0) is 32.6. The average Bonchev–Trinajstić information content (AvgIpc) is 3.02. The molecule has 2 aromatic heterocycles. The molecule has 10 nitrogen and oxygen atoms in total. The number of aromatic nitrogens is 4. The van der Waals surface area contributed by atoms with Crippen molar-refractivity contribution in [3.05, 3.63) is 64.3 Å². The second-order valence-corrected chi connectivity index (χ2v) is 14.9. The van der Waals surface area contributed by atoms with E-state index in [-0.39, 0.29) is 0 Å². The Morgan fingerprint density at radius 1 is 0.822 bits per heavy atom. The van der Waals surface area contributed by atoms with Crippen LogP contribution in [-0.2, 0) is 16.3 Å². The molecule has 0 spiro atoms. The van der Waals surface area contributed by atoms with Crippen molar-refractivity contribution in [2.24, 2.45) is 11.8 Å². The van der Waals surface area contributed by atoms with E-state index in [9.17, 15) is 9.79 Å². The van der Waals surface area contributed by atoms with Gasteiger partial charge in [-0.15, -0.1) is 0 Å². The number of hydrogen-bond acceptors (Lipinski definition) is 9. The highest BCUT2D eigenvalue weighted by atomic mass is 35.5. The van der Waals surface area contributed by atoms with Gasteiger partial charge in [0.1, 0.15) is 23.6 Å². The van der Waals surface area contributed by atoms with Crippen molar-refractivity contribution in [1.82, 2.24) is 25.3 Å². The molecule has 4 heterocycles. The molecule has 0 saturated carbocycles. The molecule has 45 heavy (non-hydrogen) atoms. The number of hydrogen-bond donors (Lipinski definition) is 4. The van der Waals surface area contributed by atoms with Crippen molar-refractivity contribution < 1.29 is 19.4 Å². The highest BCUT2D eigenvalue weighted by Gasteiger charge is 2.23. The summed E-state index contributed by atoms with van der Waals surface area (Å²) in [5, 5.41) is 14.4. The van der Waals surface area contributed by atoms with Gasteiger partial charge in [-0.25, -0.2) is 19.9 Å². The molecule has 13 heteroatoms. The summed E-state index contributed by atoms with van der Waals surface area (Å²) in [6, 6.07) is 8.31. The summed E-state index contributed by atoms with van der Waals surface area (Å²) in [6.45, 7) is 9.32. The third-order valence-electron chi connectivity index (χ3n) is 8.54. The molecule has 2 fully saturated rings. The first-order chi connectivity index (χ1) is 21.4. The quantitative estimate of drug-likeness (QED) is 0.156. The Balaban J connectivity index is 0.000000182. The Hall–Kier alpha value is -2.34. The Morgan fingerprint density at radius 2 is 1.36 bits per heavy atom. The van der Waals surface area contributed by atoms with E-state index in [1.54, 1.807) is 6.33 Å². The molecule has 6 rings (SSSR count). The van der Waals surface area contributed by atoms with Crippen molar-refractivity contribution in [3.8, 4) is 0 Å². The van der Waals surface area contributed by atoms with Crippen LogP contribution in [0, 0.1) is 39.5 Å². The number of anilines is 1. The van der Waals surface area contributed by atoms with Crippen LogP contribution in [0.25, 0.3) is 21.8 Å². The van der Waals surface area contributed by atoms with Gasteiger partial charge in [-0.05, 0) is 137 Å². The molecule has 0 aliphatic carbocycles. The van der Waals surface area contributed by atoms with E-state index < -0.39 is 6.72 Å². The molecule has 4 aromatic rings. The van der Waals surface area contributed by atoms with Gasteiger partial charge in [-0.2, -0.15) is 0 Å². The van der Waals surface area contributed by atoms with Crippen molar-refractivity contribution >= 4 is 57.8 Å². The van der Waals surface area contributed by atoms with Gasteiger partial charge < -0.3 is 29.6 Å². The number of aliphatic hydroxyl groups excluding tert-OH is 1. The number of rotatable bonds is 5. The number of piperidine rings is 2. The van der Waals surface area contributed by atoms with E-state index in [2.05, 4.69) is 81.8 Å². The second kappa shape index (κ2) is 16.5. The van der Waals surface area contributed by atoms with Crippen molar-refractivity contribution in [2.45, 2.75) is 53.4 Å². The number of benzene rings is 2. The SMILES string of the molecule is Cc1cc2ncnc(Cl)c2cc1C.Cc1cc2ncnc(N3CCC(COP(O)(O)=S)CC3)c2cc1C.OCC1CCNCC1. The molecular formula is C32H44ClN6O4PS. The lowest BCUT2D eigenvalue weighted by Crippen LogP contribution is -2.35. The number of aliphatic hydroxyl groups is 1. The van der Waals surface area contributed by atoms with E-state index >= 15 is 0 Å². The van der Waals surface area contributed by atoms with E-state index in [1.807, 2.05) is 12.1 Å². The fourth-order valence-electron chi connectivity index (χ4n) is 5.42. The summed E-state index contributed by atoms with van der Waals surface area (Å²) in [4.78, 5) is 37.6. The predicted molar refractivity (Wildman–Crippen MR) is 185 cm³/mol. The summed E-state index contributed by atoms with van der Waals surface area (Å²) in [6.07, 6.45) is 7.22. The Bertz CT molecular complexity index is 1630. The fourth-order valence-corrected chi connectivity index (χ4v) is 6.20. The molecule has 0 amide bonds. The second-order valence-electron chi connectivity index (χ2n) is 11.9. The van der Waals surface area contributed by atoms with Gasteiger partial charge in [0.25, 0.3) is 0 Å². The topological polar surface area (TPSA) is 137 Å². The summed E-state index contributed by atoms with van der Waals surface area (Å²) >= 11 is 10.4. The van der Waals surface area contributed by atoms with Gasteiger partial charge in [0.05, 0.1) is 17.6 Å². The van der Waals surface area contributed by atoms with Crippen molar-refractivity contribution in [3.63, 3.8) is 0 Å². The maximum Gasteiger partial charge on any atom is 0.321 e. The van der Waals surface area contributed by atoms with Gasteiger partial charge in [-0.1, -0.05) is 11.6 Å². The van der Waals surface area contributed by atoms with Gasteiger partial charge in [0.2, 0.25) is 0 Å². The average molecular weight is 675 g/mol. The van der Waals surface area contributed by atoms with Crippen LogP contribution in [0.15, 0.2) is 36.9 Å². The van der Waals surface area contributed by atoms with E-state index in [1.165, 1.54) is 28.6 Å². The third kappa shape index (κ3) is 10.3. The van der Waals surface area contributed by atoms with Crippen LogP contribution in [-0.4, -0.2) is 74.2 Å². The highest BCUT2D eigenvalue weighted by molar-refractivity contribution is 8.06. The first-order valence-corrected chi connectivity index (χ1v) is 18.3. The highest BCUT2D eigenvalue weighted by Crippen LogP contribution is 2.38. The minimum atomic E-state index is -3.55. The lowest BCUT2D eigenvalue weighted by molar-refractivity contribution is 0.191. The van der Waals surface area contributed by atoms with E-state index in [0.717, 1.165) is 79.5 Å². The number of halogens is 1. The molecule has 2 saturated heterocycles. The number of nitrogens with zero attached hydrogens (tertiary/aromatic N) is 5. The zero-order valence-electron chi connectivity index (χ0n) is 26.4. The lowest BCUT2D eigenvalue weighted by atomic mass is 9.97. The smallest absolute Gasteiger partial charge is 0.321 e. The molecule has 0 atom stereocenters. The summed E-state index contributed by atoms with van der Waals surface area (Å²) < 4.78 is 5.00. The zero-order valence-corrected chi connectivity index (χ0v) is 28.9. The summed E-state index contributed by atoms with van der Waals surface area (Å²) in [7, 11) is 0. The molecular weight excluding hydrogens is 631 g/mol. The van der Waals surface area contributed by atoms with Crippen molar-refractivity contribution in [2.75, 3.05) is 44.3 Å². The van der Waals surface area contributed by atoms with Crippen LogP contribution in [0.4, 0.5) is 5.82 Å². The normalized spacial score (nSPS) is 16.2. The molecule has 2 aliphatic rings. The van der Waals surface area contributed by atoms with Gasteiger partial charge in [0, 0.05) is 30.5 Å². The largest absolute Gasteiger partial charge is 0.396 e. The number of aryl methyl sites for hydroxylation is 4. The van der Waals surface area contributed by atoms with E-state index in [0.29, 0.717) is 30.2 Å². The Morgan fingerprint density at radius 3 is 1.91 bits per heavy atom.